The molecule has 3 amide bonds. The molecule has 3 aromatic rings. The van der Waals surface area contributed by atoms with Gasteiger partial charge in [0.05, 0.1) is 34.0 Å². The van der Waals surface area contributed by atoms with Crippen LogP contribution in [-0.2, 0) is 9.53 Å². The Kier molecular flexibility index (Phi) is 5.70. The van der Waals surface area contributed by atoms with E-state index in [2.05, 4.69) is 5.32 Å². The minimum absolute atomic E-state index is 0.0424. The lowest BCUT2D eigenvalue weighted by Gasteiger charge is -2.16. The first-order valence-electron chi connectivity index (χ1n) is 9.94. The maximum atomic E-state index is 12.9. The molecular formula is C25H17N3O5. The molecule has 1 N–H and O–H groups in total. The number of aryl methyl sites for hydroxylation is 1. The molecule has 3 aromatic carbocycles. The van der Waals surface area contributed by atoms with Crippen molar-refractivity contribution in [2.45, 2.75) is 6.92 Å². The van der Waals surface area contributed by atoms with Gasteiger partial charge in [-0.25, -0.2) is 9.69 Å². The van der Waals surface area contributed by atoms with Gasteiger partial charge in [0.2, 0.25) is 0 Å². The number of imide groups is 1. The second kappa shape index (κ2) is 8.77. The Labute approximate surface area is 189 Å². The number of hydrogen-bond acceptors (Lipinski definition) is 6. The quantitative estimate of drug-likeness (QED) is 0.481. The summed E-state index contributed by atoms with van der Waals surface area (Å²) in [5, 5.41) is 11.4. The lowest BCUT2D eigenvalue weighted by Crippen LogP contribution is -2.29. The van der Waals surface area contributed by atoms with Crippen LogP contribution in [0.25, 0.3) is 0 Å². The highest BCUT2D eigenvalue weighted by Gasteiger charge is 2.37. The molecule has 0 saturated heterocycles. The van der Waals surface area contributed by atoms with E-state index < -0.39 is 30.3 Å². The van der Waals surface area contributed by atoms with E-state index in [9.17, 15) is 19.2 Å². The molecule has 0 fully saturated rings. The van der Waals surface area contributed by atoms with Crippen LogP contribution in [-0.4, -0.2) is 30.3 Å². The Morgan fingerprint density at radius 2 is 1.73 bits per heavy atom. The largest absolute Gasteiger partial charge is 0.452 e. The zero-order valence-electron chi connectivity index (χ0n) is 17.5. The summed E-state index contributed by atoms with van der Waals surface area (Å²) < 4.78 is 5.05. The standard InChI is InChI=1S/C25H17N3O5/c1-15-5-2-3-8-21(15)28-23(30)19-10-9-17(12-20(19)24(28)31)25(32)33-14-22(29)27-18-7-4-6-16(11-18)13-26/h2-12H,14H2,1H3,(H,27,29). The molecule has 1 aliphatic heterocycles. The van der Waals surface area contributed by atoms with Crippen molar-refractivity contribution in [1.82, 2.24) is 0 Å². The molecule has 0 aliphatic carbocycles. The number of anilines is 2. The van der Waals surface area contributed by atoms with E-state index in [-0.39, 0.29) is 16.7 Å². The van der Waals surface area contributed by atoms with Crippen molar-refractivity contribution in [2.75, 3.05) is 16.8 Å². The van der Waals surface area contributed by atoms with Gasteiger partial charge in [-0.1, -0.05) is 24.3 Å². The van der Waals surface area contributed by atoms with Gasteiger partial charge in [0.25, 0.3) is 17.7 Å². The van der Waals surface area contributed by atoms with Gasteiger partial charge < -0.3 is 10.1 Å². The summed E-state index contributed by atoms with van der Waals surface area (Å²) in [6.07, 6.45) is 0. The summed E-state index contributed by atoms with van der Waals surface area (Å²) in [5.74, 6) is -2.40. The van der Waals surface area contributed by atoms with Crippen LogP contribution in [0.5, 0.6) is 0 Å². The Morgan fingerprint density at radius 1 is 0.970 bits per heavy atom. The van der Waals surface area contributed by atoms with E-state index in [0.717, 1.165) is 10.5 Å². The van der Waals surface area contributed by atoms with E-state index in [1.54, 1.807) is 43.3 Å². The molecule has 8 heteroatoms. The van der Waals surface area contributed by atoms with E-state index in [1.807, 2.05) is 12.1 Å². The first kappa shape index (κ1) is 21.5. The van der Waals surface area contributed by atoms with Crippen LogP contribution in [0, 0.1) is 18.3 Å². The molecule has 0 radical (unpaired) electrons. The molecular weight excluding hydrogens is 422 g/mol. The highest BCUT2D eigenvalue weighted by atomic mass is 16.5. The van der Waals surface area contributed by atoms with Crippen LogP contribution < -0.4 is 10.2 Å². The number of amides is 3. The van der Waals surface area contributed by atoms with E-state index >= 15 is 0 Å². The number of hydrogen-bond donors (Lipinski definition) is 1. The molecule has 0 atom stereocenters. The van der Waals surface area contributed by atoms with Crippen molar-refractivity contribution in [3.05, 3.63) is 94.5 Å². The highest BCUT2D eigenvalue weighted by Crippen LogP contribution is 2.31. The fourth-order valence-electron chi connectivity index (χ4n) is 3.48. The number of nitrogens with zero attached hydrogens (tertiary/aromatic N) is 2. The maximum Gasteiger partial charge on any atom is 0.338 e. The average Bonchev–Trinajstić information content (AvgIpc) is 3.07. The molecule has 1 heterocycles. The third-order valence-electron chi connectivity index (χ3n) is 5.09. The highest BCUT2D eigenvalue weighted by molar-refractivity contribution is 6.35. The number of ether oxygens (including phenoxy) is 1. The van der Waals surface area contributed by atoms with E-state index in [1.165, 1.54) is 24.3 Å². The SMILES string of the molecule is Cc1ccccc1N1C(=O)c2ccc(C(=O)OCC(=O)Nc3cccc(C#N)c3)cc2C1=O. The average molecular weight is 439 g/mol. The molecule has 162 valence electrons. The smallest absolute Gasteiger partial charge is 0.338 e. The molecule has 0 spiro atoms. The lowest BCUT2D eigenvalue weighted by molar-refractivity contribution is -0.119. The third-order valence-corrected chi connectivity index (χ3v) is 5.09. The summed E-state index contributed by atoms with van der Waals surface area (Å²) in [6, 6.07) is 19.3. The van der Waals surface area contributed by atoms with Gasteiger partial charge in [-0.05, 0) is 55.0 Å². The van der Waals surface area contributed by atoms with E-state index in [0.29, 0.717) is 16.9 Å². The number of rotatable bonds is 5. The number of fused-ring (bicyclic) bond motifs is 1. The minimum atomic E-state index is -0.812. The predicted molar refractivity (Wildman–Crippen MR) is 119 cm³/mol. The maximum absolute atomic E-state index is 12.9. The van der Waals surface area contributed by atoms with E-state index in [4.69, 9.17) is 10.00 Å². The van der Waals surface area contributed by atoms with Crippen LogP contribution >= 0.6 is 0 Å². The Hall–Kier alpha value is -4.77. The predicted octanol–water partition coefficient (Wildman–Crippen LogP) is 3.46. The third kappa shape index (κ3) is 4.20. The summed E-state index contributed by atoms with van der Waals surface area (Å²) >= 11 is 0. The van der Waals surface area contributed by atoms with Crippen LogP contribution in [0.4, 0.5) is 11.4 Å². The van der Waals surface area contributed by atoms with Crippen LogP contribution in [0.15, 0.2) is 66.7 Å². The molecule has 0 saturated carbocycles. The number of carbonyl (C=O) groups is 4. The van der Waals surface area contributed by atoms with Crippen molar-refractivity contribution >= 4 is 35.1 Å². The fraction of sp³-hybridized carbons (Fsp3) is 0.0800. The first-order valence-corrected chi connectivity index (χ1v) is 9.94. The minimum Gasteiger partial charge on any atom is -0.452 e. The Balaban J connectivity index is 1.45. The summed E-state index contributed by atoms with van der Waals surface area (Å²) in [4.78, 5) is 51.3. The van der Waals surface area contributed by atoms with Crippen molar-refractivity contribution < 1.29 is 23.9 Å². The summed E-state index contributed by atoms with van der Waals surface area (Å²) in [6.45, 7) is 1.23. The van der Waals surface area contributed by atoms with Crippen LogP contribution in [0.1, 0.15) is 42.2 Å². The molecule has 0 unspecified atom stereocenters. The molecule has 4 rings (SSSR count). The zero-order chi connectivity index (χ0) is 23.5. The zero-order valence-corrected chi connectivity index (χ0v) is 17.5. The normalized spacial score (nSPS) is 12.2. The van der Waals surface area contributed by atoms with Crippen molar-refractivity contribution in [3.63, 3.8) is 0 Å². The summed E-state index contributed by atoms with van der Waals surface area (Å²) in [7, 11) is 0. The molecule has 1 aliphatic rings. The lowest BCUT2D eigenvalue weighted by atomic mass is 10.1. The van der Waals surface area contributed by atoms with Gasteiger partial charge in [-0.2, -0.15) is 5.26 Å². The molecule has 33 heavy (non-hydrogen) atoms. The van der Waals surface area contributed by atoms with Crippen LogP contribution in [0.3, 0.4) is 0 Å². The molecule has 0 aromatic heterocycles. The number of nitrogens with one attached hydrogen (secondary N) is 1. The number of carbonyl (C=O) groups excluding carboxylic acids is 4. The van der Waals surface area contributed by atoms with Crippen molar-refractivity contribution in [1.29, 1.82) is 5.26 Å². The van der Waals surface area contributed by atoms with Gasteiger partial charge in [0.15, 0.2) is 6.61 Å². The second-order valence-electron chi connectivity index (χ2n) is 7.31. The van der Waals surface area contributed by atoms with Crippen molar-refractivity contribution in [2.24, 2.45) is 0 Å². The number of esters is 1. The molecule has 0 bridgehead atoms. The number of benzene rings is 3. The van der Waals surface area contributed by atoms with Gasteiger partial charge in [-0.15, -0.1) is 0 Å². The van der Waals surface area contributed by atoms with Crippen LogP contribution in [0.2, 0.25) is 0 Å². The number of nitriles is 1. The Morgan fingerprint density at radius 3 is 2.48 bits per heavy atom. The second-order valence-corrected chi connectivity index (χ2v) is 7.31. The van der Waals surface area contributed by atoms with Gasteiger partial charge in [-0.3, -0.25) is 14.4 Å². The first-order chi connectivity index (χ1) is 15.9. The van der Waals surface area contributed by atoms with Crippen molar-refractivity contribution in [3.8, 4) is 6.07 Å². The summed E-state index contributed by atoms with van der Waals surface area (Å²) in [5.41, 5.74) is 2.34. The monoisotopic (exact) mass is 439 g/mol. The Bertz CT molecular complexity index is 1360. The molecule has 8 nitrogen and oxygen atoms in total. The van der Waals surface area contributed by atoms with Gasteiger partial charge >= 0.3 is 5.97 Å². The fourth-order valence-corrected chi connectivity index (χ4v) is 3.48. The van der Waals surface area contributed by atoms with Gasteiger partial charge in [0.1, 0.15) is 0 Å². The topological polar surface area (TPSA) is 117 Å². The van der Waals surface area contributed by atoms with Gasteiger partial charge in [0, 0.05) is 5.69 Å². The number of para-hydroxylation sites is 1.